The number of hydrogen-bond donors (Lipinski definition) is 2. The van der Waals surface area contributed by atoms with Crippen LogP contribution < -0.4 is 0 Å². The number of carboxylic acids is 2. The van der Waals surface area contributed by atoms with Crippen molar-refractivity contribution in [3.63, 3.8) is 0 Å². The summed E-state index contributed by atoms with van der Waals surface area (Å²) < 4.78 is 39.5. The Bertz CT molecular complexity index is 767. The number of carboxylic acid groups (broad SMARTS) is 2. The molecule has 2 saturated heterocycles. The first kappa shape index (κ1) is 24.6. The van der Waals surface area contributed by atoms with Crippen LogP contribution in [0.25, 0.3) is 0 Å². The first-order valence-corrected chi connectivity index (χ1v) is 10.2. The van der Waals surface area contributed by atoms with E-state index in [1.807, 2.05) is 9.80 Å². The molecule has 0 aromatic heterocycles. The van der Waals surface area contributed by atoms with Crippen molar-refractivity contribution in [2.75, 3.05) is 26.2 Å². The molecule has 0 radical (unpaired) electrons. The normalized spacial score (nSPS) is 19.8. The van der Waals surface area contributed by atoms with Crippen molar-refractivity contribution >= 4 is 17.8 Å². The molecule has 31 heavy (non-hydrogen) atoms. The van der Waals surface area contributed by atoms with Crippen LogP contribution in [0.15, 0.2) is 24.3 Å². The number of piperidine rings is 2. The lowest BCUT2D eigenvalue weighted by atomic mass is 9.94. The summed E-state index contributed by atoms with van der Waals surface area (Å²) in [5.41, 5.74) is -0.277. The summed E-state index contributed by atoms with van der Waals surface area (Å²) in [5, 5.41) is 14.8. The first-order chi connectivity index (χ1) is 14.6. The molecule has 2 aliphatic heterocycles. The maximum absolute atomic E-state index is 13.2. The van der Waals surface area contributed by atoms with Gasteiger partial charge < -0.3 is 15.1 Å². The van der Waals surface area contributed by atoms with E-state index in [0.29, 0.717) is 12.1 Å². The lowest BCUT2D eigenvalue weighted by Crippen LogP contribution is -2.46. The smallest absolute Gasteiger partial charge is 0.416 e. The third-order valence-electron chi connectivity index (χ3n) is 5.42. The number of benzene rings is 1. The minimum Gasteiger partial charge on any atom is -0.473 e. The van der Waals surface area contributed by atoms with Gasteiger partial charge in [-0.25, -0.2) is 9.59 Å². The third-order valence-corrected chi connectivity index (χ3v) is 5.42. The monoisotopic (exact) mass is 444 g/mol. The molecular formula is C21H27F3N2O5. The standard InChI is InChI=1S/C19H25F3N2O.C2H2O4/c20-19(21,22)17-9-3-2-7-15(17)13-23-10-6-8-16(14-23)18(25)24-11-4-1-5-12-24;3-1(4)2(5)6/h2-3,7,9,16H,1,4-6,8,10-14H2;(H,3,4)(H,5,6). The molecule has 0 aliphatic carbocycles. The number of likely N-dealkylation sites (tertiary alicyclic amines) is 2. The highest BCUT2D eigenvalue weighted by atomic mass is 19.4. The van der Waals surface area contributed by atoms with Crippen LogP contribution in [0.1, 0.15) is 43.2 Å². The summed E-state index contributed by atoms with van der Waals surface area (Å²) in [6, 6.07) is 5.74. The summed E-state index contributed by atoms with van der Waals surface area (Å²) in [6.07, 6.45) is 0.650. The van der Waals surface area contributed by atoms with E-state index < -0.39 is 23.7 Å². The van der Waals surface area contributed by atoms with Gasteiger partial charge in [-0.1, -0.05) is 18.2 Å². The highest BCUT2D eigenvalue weighted by Gasteiger charge is 2.34. The third kappa shape index (κ3) is 7.54. The second-order valence-corrected chi connectivity index (χ2v) is 7.73. The summed E-state index contributed by atoms with van der Waals surface area (Å²) >= 11 is 0. The van der Waals surface area contributed by atoms with Crippen LogP contribution in [0, 0.1) is 5.92 Å². The van der Waals surface area contributed by atoms with Crippen molar-refractivity contribution < 1.29 is 37.8 Å². The number of amides is 1. The van der Waals surface area contributed by atoms with Crippen LogP contribution in [-0.2, 0) is 27.1 Å². The number of rotatable bonds is 3. The Kier molecular flexibility index (Phi) is 8.85. The van der Waals surface area contributed by atoms with Gasteiger partial charge in [-0.05, 0) is 50.3 Å². The number of alkyl halides is 3. The number of aliphatic carboxylic acids is 2. The van der Waals surface area contributed by atoms with Gasteiger partial charge in [0.2, 0.25) is 5.91 Å². The number of nitrogens with zero attached hydrogens (tertiary/aromatic N) is 2. The lowest BCUT2D eigenvalue weighted by molar-refractivity contribution is -0.159. The molecule has 0 saturated carbocycles. The number of halogens is 3. The molecule has 7 nitrogen and oxygen atoms in total. The molecule has 3 rings (SSSR count). The molecule has 172 valence electrons. The summed E-state index contributed by atoms with van der Waals surface area (Å²) in [5.74, 6) is -3.54. The SMILES string of the molecule is O=C(C1CCCN(Cc2ccccc2C(F)(F)F)C1)N1CCCCC1.O=C(O)C(=O)O. The van der Waals surface area contributed by atoms with Crippen molar-refractivity contribution in [3.8, 4) is 0 Å². The van der Waals surface area contributed by atoms with Crippen molar-refractivity contribution in [2.24, 2.45) is 5.92 Å². The molecule has 2 heterocycles. The zero-order chi connectivity index (χ0) is 23.0. The van der Waals surface area contributed by atoms with Gasteiger partial charge in [-0.3, -0.25) is 9.69 Å². The Labute approximate surface area is 178 Å². The van der Waals surface area contributed by atoms with Gasteiger partial charge in [0.15, 0.2) is 0 Å². The van der Waals surface area contributed by atoms with E-state index >= 15 is 0 Å². The summed E-state index contributed by atoms with van der Waals surface area (Å²) in [7, 11) is 0. The Morgan fingerprint density at radius 1 is 0.935 bits per heavy atom. The lowest BCUT2D eigenvalue weighted by Gasteiger charge is -2.36. The predicted octanol–water partition coefficient (Wildman–Crippen LogP) is 3.09. The van der Waals surface area contributed by atoms with Gasteiger partial charge in [-0.2, -0.15) is 13.2 Å². The first-order valence-electron chi connectivity index (χ1n) is 10.2. The topological polar surface area (TPSA) is 98.2 Å². The van der Waals surface area contributed by atoms with Gasteiger partial charge in [0.1, 0.15) is 0 Å². The summed E-state index contributed by atoms with van der Waals surface area (Å²) in [6.45, 7) is 3.20. The van der Waals surface area contributed by atoms with Crippen molar-refractivity contribution in [1.82, 2.24) is 9.80 Å². The molecule has 0 spiro atoms. The van der Waals surface area contributed by atoms with E-state index in [0.717, 1.165) is 51.4 Å². The maximum Gasteiger partial charge on any atom is 0.416 e. The fraction of sp³-hybridized carbons (Fsp3) is 0.571. The highest BCUT2D eigenvalue weighted by molar-refractivity contribution is 6.27. The molecule has 2 aliphatic rings. The number of carbonyl (C=O) groups is 3. The Balaban J connectivity index is 0.000000501. The molecule has 1 unspecified atom stereocenters. The maximum atomic E-state index is 13.2. The molecule has 1 atom stereocenters. The minimum atomic E-state index is -4.34. The molecule has 2 fully saturated rings. The second kappa shape index (κ2) is 11.1. The molecule has 10 heteroatoms. The fourth-order valence-corrected chi connectivity index (χ4v) is 3.95. The van der Waals surface area contributed by atoms with Crippen molar-refractivity contribution in [3.05, 3.63) is 35.4 Å². The van der Waals surface area contributed by atoms with Crippen LogP contribution >= 0.6 is 0 Å². The van der Waals surface area contributed by atoms with E-state index in [1.165, 1.54) is 12.5 Å². The van der Waals surface area contributed by atoms with E-state index in [-0.39, 0.29) is 18.4 Å². The zero-order valence-electron chi connectivity index (χ0n) is 17.1. The van der Waals surface area contributed by atoms with Gasteiger partial charge in [0.25, 0.3) is 0 Å². The van der Waals surface area contributed by atoms with Gasteiger partial charge in [-0.15, -0.1) is 0 Å². The number of carbonyl (C=O) groups excluding carboxylic acids is 1. The Morgan fingerprint density at radius 3 is 2.13 bits per heavy atom. The Morgan fingerprint density at radius 2 is 1.55 bits per heavy atom. The van der Waals surface area contributed by atoms with Gasteiger partial charge in [0.05, 0.1) is 11.5 Å². The van der Waals surface area contributed by atoms with Crippen LogP contribution in [-0.4, -0.2) is 64.0 Å². The summed E-state index contributed by atoms with van der Waals surface area (Å²) in [4.78, 5) is 34.8. The van der Waals surface area contributed by atoms with Crippen LogP contribution in [0.5, 0.6) is 0 Å². The van der Waals surface area contributed by atoms with Crippen LogP contribution in [0.4, 0.5) is 13.2 Å². The molecule has 1 aromatic carbocycles. The van der Waals surface area contributed by atoms with Gasteiger partial charge in [0, 0.05) is 26.2 Å². The molecular weight excluding hydrogens is 417 g/mol. The molecule has 1 amide bonds. The van der Waals surface area contributed by atoms with E-state index in [1.54, 1.807) is 12.1 Å². The average Bonchev–Trinajstić information content (AvgIpc) is 2.74. The van der Waals surface area contributed by atoms with Crippen LogP contribution in [0.3, 0.4) is 0 Å². The molecule has 0 bridgehead atoms. The largest absolute Gasteiger partial charge is 0.473 e. The quantitative estimate of drug-likeness (QED) is 0.696. The zero-order valence-corrected chi connectivity index (χ0v) is 17.1. The predicted molar refractivity (Wildman–Crippen MR) is 105 cm³/mol. The van der Waals surface area contributed by atoms with Crippen molar-refractivity contribution in [1.29, 1.82) is 0 Å². The minimum absolute atomic E-state index is 0.0788. The highest BCUT2D eigenvalue weighted by Crippen LogP contribution is 2.33. The number of hydrogen-bond acceptors (Lipinski definition) is 4. The Hall–Kier alpha value is -2.62. The van der Waals surface area contributed by atoms with E-state index in [2.05, 4.69) is 0 Å². The fourth-order valence-electron chi connectivity index (χ4n) is 3.95. The second-order valence-electron chi connectivity index (χ2n) is 7.73. The van der Waals surface area contributed by atoms with Crippen molar-refractivity contribution in [2.45, 2.75) is 44.8 Å². The van der Waals surface area contributed by atoms with E-state index in [4.69, 9.17) is 19.8 Å². The van der Waals surface area contributed by atoms with E-state index in [9.17, 15) is 18.0 Å². The molecule has 2 N–H and O–H groups in total. The van der Waals surface area contributed by atoms with Gasteiger partial charge >= 0.3 is 18.1 Å². The average molecular weight is 444 g/mol. The van der Waals surface area contributed by atoms with Crippen LogP contribution in [0.2, 0.25) is 0 Å². The molecule has 1 aromatic rings.